The van der Waals surface area contributed by atoms with E-state index in [4.69, 9.17) is 9.47 Å². The van der Waals surface area contributed by atoms with Gasteiger partial charge in [0.15, 0.2) is 0 Å². The number of anilines is 1. The molecule has 0 atom stereocenters. The molecule has 11 heteroatoms. The number of benzene rings is 2. The molecule has 0 saturated carbocycles. The highest BCUT2D eigenvalue weighted by Gasteiger charge is 2.30. The fourth-order valence-electron chi connectivity index (χ4n) is 2.70. The Labute approximate surface area is 172 Å². The Balaban J connectivity index is 1.95. The molecule has 8 nitrogen and oxygen atoms in total. The SMILES string of the molecule is COc1ccc(NS(=O)(=O)c2ccc(Br)cc2)cc1S(=O)(=O)N1CCOCC1. The molecule has 1 aliphatic rings. The molecule has 1 saturated heterocycles. The Bertz CT molecular complexity index is 1050. The third kappa shape index (κ3) is 4.49. The molecule has 152 valence electrons. The minimum absolute atomic E-state index is 0.0594. The zero-order chi connectivity index (χ0) is 20.4. The van der Waals surface area contributed by atoms with Crippen molar-refractivity contribution in [1.29, 1.82) is 0 Å². The molecule has 1 N–H and O–H groups in total. The first-order chi connectivity index (χ1) is 13.2. The number of nitrogens with zero attached hydrogens (tertiary/aromatic N) is 1. The van der Waals surface area contributed by atoms with Crippen molar-refractivity contribution in [2.45, 2.75) is 9.79 Å². The Morgan fingerprint density at radius 1 is 1.04 bits per heavy atom. The predicted octanol–water partition coefficient (Wildman–Crippen LogP) is 2.28. The Kier molecular flexibility index (Phi) is 6.30. The van der Waals surface area contributed by atoms with Crippen LogP contribution >= 0.6 is 15.9 Å². The number of ether oxygens (including phenoxy) is 2. The third-order valence-corrected chi connectivity index (χ3v) is 7.97. The smallest absolute Gasteiger partial charge is 0.261 e. The van der Waals surface area contributed by atoms with E-state index in [1.807, 2.05) is 0 Å². The molecule has 1 heterocycles. The van der Waals surface area contributed by atoms with E-state index in [9.17, 15) is 16.8 Å². The molecule has 0 spiro atoms. The fourth-order valence-corrected chi connectivity index (χ4v) is 5.60. The van der Waals surface area contributed by atoms with E-state index < -0.39 is 20.0 Å². The van der Waals surface area contributed by atoms with Crippen molar-refractivity contribution in [1.82, 2.24) is 4.31 Å². The van der Waals surface area contributed by atoms with E-state index in [0.29, 0.717) is 13.2 Å². The van der Waals surface area contributed by atoms with Gasteiger partial charge in [-0.3, -0.25) is 4.72 Å². The zero-order valence-corrected chi connectivity index (χ0v) is 18.2. The summed E-state index contributed by atoms with van der Waals surface area (Å²) in [7, 11) is -6.38. The van der Waals surface area contributed by atoms with Gasteiger partial charge in [-0.1, -0.05) is 15.9 Å². The molecular weight excluding hydrogens is 472 g/mol. The average molecular weight is 491 g/mol. The van der Waals surface area contributed by atoms with Gasteiger partial charge in [-0.05, 0) is 42.5 Å². The maximum atomic E-state index is 13.0. The van der Waals surface area contributed by atoms with Crippen LogP contribution in [-0.4, -0.2) is 54.6 Å². The molecule has 0 unspecified atom stereocenters. The van der Waals surface area contributed by atoms with E-state index in [0.717, 1.165) is 4.47 Å². The van der Waals surface area contributed by atoms with Crippen LogP contribution in [0.15, 0.2) is 56.7 Å². The quantitative estimate of drug-likeness (QED) is 0.666. The van der Waals surface area contributed by atoms with Gasteiger partial charge in [-0.15, -0.1) is 0 Å². The zero-order valence-electron chi connectivity index (χ0n) is 15.0. The van der Waals surface area contributed by atoms with E-state index in [1.165, 1.54) is 41.7 Å². The van der Waals surface area contributed by atoms with Gasteiger partial charge in [0.1, 0.15) is 10.6 Å². The maximum absolute atomic E-state index is 13.0. The fraction of sp³-hybridized carbons (Fsp3) is 0.294. The molecule has 0 bridgehead atoms. The highest BCUT2D eigenvalue weighted by atomic mass is 79.9. The predicted molar refractivity (Wildman–Crippen MR) is 108 cm³/mol. The highest BCUT2D eigenvalue weighted by molar-refractivity contribution is 9.10. The van der Waals surface area contributed by atoms with Crippen molar-refractivity contribution in [2.24, 2.45) is 0 Å². The highest BCUT2D eigenvalue weighted by Crippen LogP contribution is 2.31. The topological polar surface area (TPSA) is 102 Å². The maximum Gasteiger partial charge on any atom is 0.261 e. The molecular formula is C17H19BrN2O6S2. The summed E-state index contributed by atoms with van der Waals surface area (Å²) < 4.78 is 66.0. The monoisotopic (exact) mass is 490 g/mol. The van der Waals surface area contributed by atoms with Gasteiger partial charge in [-0.2, -0.15) is 4.31 Å². The summed E-state index contributed by atoms with van der Waals surface area (Å²) in [5.41, 5.74) is 0.121. The summed E-state index contributed by atoms with van der Waals surface area (Å²) in [6.07, 6.45) is 0. The van der Waals surface area contributed by atoms with Crippen LogP contribution < -0.4 is 9.46 Å². The molecule has 0 amide bonds. The summed E-state index contributed by atoms with van der Waals surface area (Å²) in [5, 5.41) is 0. The van der Waals surface area contributed by atoms with Crippen LogP contribution in [0.2, 0.25) is 0 Å². The number of hydrogen-bond acceptors (Lipinski definition) is 6. The van der Waals surface area contributed by atoms with Gasteiger partial charge in [0.25, 0.3) is 10.0 Å². The molecule has 0 aromatic heterocycles. The molecule has 2 aromatic carbocycles. The standard InChI is InChI=1S/C17H19BrN2O6S2/c1-25-16-7-4-14(19-27(21,22)15-5-2-13(18)3-6-15)12-17(16)28(23,24)20-8-10-26-11-9-20/h2-7,12,19H,8-11H2,1H3. The van der Waals surface area contributed by atoms with E-state index >= 15 is 0 Å². The lowest BCUT2D eigenvalue weighted by Gasteiger charge is -2.26. The molecule has 28 heavy (non-hydrogen) atoms. The molecule has 1 aliphatic heterocycles. The van der Waals surface area contributed by atoms with Crippen molar-refractivity contribution in [3.8, 4) is 5.75 Å². The lowest BCUT2D eigenvalue weighted by Crippen LogP contribution is -2.40. The van der Waals surface area contributed by atoms with Crippen molar-refractivity contribution in [3.63, 3.8) is 0 Å². The minimum atomic E-state index is -3.88. The van der Waals surface area contributed by atoms with E-state index in [1.54, 1.807) is 12.1 Å². The van der Waals surface area contributed by atoms with Crippen LogP contribution in [0.1, 0.15) is 0 Å². The molecule has 0 aliphatic carbocycles. The summed E-state index contributed by atoms with van der Waals surface area (Å²) in [4.78, 5) is -0.0444. The molecule has 2 aromatic rings. The third-order valence-electron chi connectivity index (χ3n) is 4.13. The van der Waals surface area contributed by atoms with Crippen LogP contribution in [0.4, 0.5) is 5.69 Å². The van der Waals surface area contributed by atoms with E-state index in [-0.39, 0.29) is 34.3 Å². The average Bonchev–Trinajstić information content (AvgIpc) is 2.68. The first-order valence-corrected chi connectivity index (χ1v) is 12.0. The summed E-state index contributed by atoms with van der Waals surface area (Å²) in [6.45, 7) is 1.05. The Morgan fingerprint density at radius 3 is 2.29 bits per heavy atom. The van der Waals surface area contributed by atoms with Gasteiger partial charge in [0.05, 0.1) is 30.9 Å². The van der Waals surface area contributed by atoms with Gasteiger partial charge < -0.3 is 9.47 Å². The van der Waals surface area contributed by atoms with Gasteiger partial charge in [-0.25, -0.2) is 16.8 Å². The van der Waals surface area contributed by atoms with Crippen molar-refractivity contribution in [2.75, 3.05) is 38.1 Å². The van der Waals surface area contributed by atoms with Gasteiger partial charge >= 0.3 is 0 Å². The summed E-state index contributed by atoms with van der Waals surface area (Å²) >= 11 is 3.25. The van der Waals surface area contributed by atoms with Crippen LogP contribution in [0.3, 0.4) is 0 Å². The Morgan fingerprint density at radius 2 is 1.68 bits per heavy atom. The van der Waals surface area contributed by atoms with Crippen LogP contribution in [0, 0.1) is 0 Å². The second-order valence-corrected chi connectivity index (χ2v) is 10.4. The number of methoxy groups -OCH3 is 1. The molecule has 1 fully saturated rings. The van der Waals surface area contributed by atoms with Crippen molar-refractivity contribution >= 4 is 41.7 Å². The number of hydrogen-bond donors (Lipinski definition) is 1. The second-order valence-electron chi connectivity index (χ2n) is 5.94. The van der Waals surface area contributed by atoms with Crippen molar-refractivity contribution in [3.05, 3.63) is 46.9 Å². The minimum Gasteiger partial charge on any atom is -0.495 e. The number of nitrogens with one attached hydrogen (secondary N) is 1. The molecule has 0 radical (unpaired) electrons. The lowest BCUT2D eigenvalue weighted by molar-refractivity contribution is 0.0729. The molecule has 3 rings (SSSR count). The van der Waals surface area contributed by atoms with Crippen LogP contribution in [0.25, 0.3) is 0 Å². The normalized spacial score (nSPS) is 15.9. The number of halogens is 1. The van der Waals surface area contributed by atoms with E-state index in [2.05, 4.69) is 20.7 Å². The Hall–Kier alpha value is -1.66. The van der Waals surface area contributed by atoms with Crippen molar-refractivity contribution < 1.29 is 26.3 Å². The number of morpholine rings is 1. The first kappa shape index (κ1) is 21.1. The summed E-state index contributed by atoms with van der Waals surface area (Å²) in [6, 6.07) is 10.2. The van der Waals surface area contributed by atoms with Crippen LogP contribution in [0.5, 0.6) is 5.75 Å². The van der Waals surface area contributed by atoms with Gasteiger partial charge in [0.2, 0.25) is 10.0 Å². The number of rotatable bonds is 6. The number of sulfonamides is 2. The lowest BCUT2D eigenvalue weighted by atomic mass is 10.3. The van der Waals surface area contributed by atoms with Crippen LogP contribution in [-0.2, 0) is 24.8 Å². The largest absolute Gasteiger partial charge is 0.495 e. The first-order valence-electron chi connectivity index (χ1n) is 8.28. The summed E-state index contributed by atoms with van der Waals surface area (Å²) in [5.74, 6) is 0.137. The second kappa shape index (κ2) is 8.37. The van der Waals surface area contributed by atoms with Gasteiger partial charge in [0, 0.05) is 17.6 Å².